The van der Waals surface area contributed by atoms with E-state index in [0.29, 0.717) is 12.5 Å². The predicted molar refractivity (Wildman–Crippen MR) is 85.3 cm³/mol. The summed E-state index contributed by atoms with van der Waals surface area (Å²) in [5, 5.41) is -0.541. The number of hydrogen-bond acceptors (Lipinski definition) is 7. The van der Waals surface area contributed by atoms with Crippen molar-refractivity contribution < 1.29 is 19.2 Å². The molecular weight excluding hydrogens is 326 g/mol. The number of carbonyl (C=O) groups excluding carboxylic acids is 4. The minimum Gasteiger partial charge on any atom is -0.273 e. The van der Waals surface area contributed by atoms with Gasteiger partial charge in [0.15, 0.2) is 0 Å². The van der Waals surface area contributed by atoms with Crippen LogP contribution in [0.4, 0.5) is 9.59 Å². The largest absolute Gasteiger partial charge is 0.289 e. The third-order valence-electron chi connectivity index (χ3n) is 3.39. The first-order valence-corrected chi connectivity index (χ1v) is 9.02. The molecular formula is C13H19N3O4S2. The molecule has 2 aliphatic heterocycles. The van der Waals surface area contributed by atoms with Gasteiger partial charge in [-0.05, 0) is 12.3 Å². The molecule has 4 amide bonds. The summed E-state index contributed by atoms with van der Waals surface area (Å²) in [4.78, 5) is 51.1. The van der Waals surface area contributed by atoms with Gasteiger partial charge in [0.2, 0.25) is 11.8 Å². The lowest BCUT2D eigenvalue weighted by Gasteiger charge is -2.29. The van der Waals surface area contributed by atoms with Crippen LogP contribution in [0.1, 0.15) is 20.3 Å². The first-order chi connectivity index (χ1) is 10.4. The first kappa shape index (κ1) is 17.3. The summed E-state index contributed by atoms with van der Waals surface area (Å²) in [5.41, 5.74) is 0. The molecule has 2 heterocycles. The van der Waals surface area contributed by atoms with Crippen LogP contribution in [0, 0.1) is 5.92 Å². The van der Waals surface area contributed by atoms with Crippen molar-refractivity contribution in [3.05, 3.63) is 0 Å². The second-order valence-electron chi connectivity index (χ2n) is 5.61. The van der Waals surface area contributed by atoms with E-state index in [9.17, 15) is 19.2 Å². The molecule has 122 valence electrons. The molecule has 2 fully saturated rings. The fourth-order valence-corrected chi connectivity index (χ4v) is 3.50. The minimum absolute atomic E-state index is 0.124. The second-order valence-corrected chi connectivity index (χ2v) is 7.47. The molecule has 2 rings (SSSR count). The number of rotatable bonds is 7. The lowest BCUT2D eigenvalue weighted by atomic mass is 10.1. The molecule has 0 radical (unpaired) electrons. The fraction of sp³-hybridized carbons (Fsp3) is 0.692. The Bertz CT molecular complexity index is 428. The number of nitrogens with zero attached hydrogens (tertiary/aromatic N) is 3. The van der Waals surface area contributed by atoms with E-state index in [0.717, 1.165) is 29.9 Å². The van der Waals surface area contributed by atoms with E-state index < -0.39 is 0 Å². The highest BCUT2D eigenvalue weighted by Crippen LogP contribution is 2.22. The van der Waals surface area contributed by atoms with Crippen LogP contribution in [0.15, 0.2) is 0 Å². The van der Waals surface area contributed by atoms with Crippen LogP contribution >= 0.6 is 23.5 Å². The highest BCUT2D eigenvalue weighted by molar-refractivity contribution is 8.15. The van der Waals surface area contributed by atoms with Crippen LogP contribution in [0.5, 0.6) is 0 Å². The van der Waals surface area contributed by atoms with E-state index >= 15 is 0 Å². The third kappa shape index (κ3) is 4.23. The maximum absolute atomic E-state index is 11.7. The summed E-state index contributed by atoms with van der Waals surface area (Å²) < 4.78 is 0. The summed E-state index contributed by atoms with van der Waals surface area (Å²) in [5.74, 6) is 0.319. The molecule has 0 bridgehead atoms. The predicted octanol–water partition coefficient (Wildman–Crippen LogP) is 1.64. The summed E-state index contributed by atoms with van der Waals surface area (Å²) in [6.45, 7) is 5.00. The fourth-order valence-electron chi connectivity index (χ4n) is 2.06. The Labute approximate surface area is 137 Å². The molecule has 22 heavy (non-hydrogen) atoms. The summed E-state index contributed by atoms with van der Waals surface area (Å²) in [6, 6.07) is 0. The number of hydrogen-bond donors (Lipinski definition) is 0. The molecule has 0 unspecified atom stereocenters. The van der Waals surface area contributed by atoms with Gasteiger partial charge in [0.05, 0.1) is 24.8 Å². The van der Waals surface area contributed by atoms with Gasteiger partial charge in [0.25, 0.3) is 10.5 Å². The van der Waals surface area contributed by atoms with Crippen molar-refractivity contribution in [2.24, 2.45) is 5.92 Å². The standard InChI is InChI=1S/C13H19N3O4S2/c1-9(2)3-4-14(7-15-10(17)5-21-12(15)19)8-16-11(18)6-22-13(16)20/h9H,3-8H2,1-2H3. The lowest BCUT2D eigenvalue weighted by molar-refractivity contribution is -0.128. The summed E-state index contributed by atoms with van der Waals surface area (Å²) in [6.07, 6.45) is 0.854. The average molecular weight is 345 g/mol. The Morgan fingerprint density at radius 3 is 1.73 bits per heavy atom. The van der Waals surface area contributed by atoms with Crippen molar-refractivity contribution in [1.29, 1.82) is 0 Å². The number of thioether (sulfide) groups is 2. The molecule has 2 aliphatic rings. The Hall–Kier alpha value is -1.06. The van der Waals surface area contributed by atoms with E-state index in [1.165, 1.54) is 9.80 Å². The monoisotopic (exact) mass is 345 g/mol. The van der Waals surface area contributed by atoms with Gasteiger partial charge in [0.1, 0.15) is 0 Å². The molecule has 0 aliphatic carbocycles. The van der Waals surface area contributed by atoms with Crippen LogP contribution in [0.3, 0.4) is 0 Å². The Morgan fingerprint density at radius 1 is 0.955 bits per heavy atom. The topological polar surface area (TPSA) is 78.0 Å². The van der Waals surface area contributed by atoms with Crippen molar-refractivity contribution in [3.8, 4) is 0 Å². The summed E-state index contributed by atoms with van der Waals surface area (Å²) >= 11 is 1.97. The first-order valence-electron chi connectivity index (χ1n) is 7.05. The van der Waals surface area contributed by atoms with Crippen molar-refractivity contribution in [1.82, 2.24) is 14.7 Å². The van der Waals surface area contributed by atoms with Gasteiger partial charge in [-0.25, -0.2) is 0 Å². The van der Waals surface area contributed by atoms with Crippen LogP contribution in [-0.2, 0) is 9.59 Å². The van der Waals surface area contributed by atoms with E-state index in [2.05, 4.69) is 13.8 Å². The van der Waals surface area contributed by atoms with Crippen LogP contribution in [0.25, 0.3) is 0 Å². The number of amides is 4. The van der Waals surface area contributed by atoms with Gasteiger partial charge in [-0.15, -0.1) is 0 Å². The third-order valence-corrected chi connectivity index (χ3v) is 5.10. The highest BCUT2D eigenvalue weighted by atomic mass is 32.2. The van der Waals surface area contributed by atoms with E-state index in [1.807, 2.05) is 4.90 Å². The Kier molecular flexibility index (Phi) is 5.87. The lowest BCUT2D eigenvalue weighted by Crippen LogP contribution is -2.47. The van der Waals surface area contributed by atoms with Crippen molar-refractivity contribution in [2.45, 2.75) is 20.3 Å². The highest BCUT2D eigenvalue weighted by Gasteiger charge is 2.34. The average Bonchev–Trinajstić information content (AvgIpc) is 2.94. The molecule has 0 atom stereocenters. The molecule has 9 heteroatoms. The smallest absolute Gasteiger partial charge is 0.273 e. The van der Waals surface area contributed by atoms with Crippen LogP contribution in [-0.4, -0.2) is 68.4 Å². The van der Waals surface area contributed by atoms with E-state index in [1.54, 1.807) is 0 Å². The molecule has 0 aromatic heterocycles. The zero-order valence-electron chi connectivity index (χ0n) is 12.6. The van der Waals surface area contributed by atoms with Crippen LogP contribution < -0.4 is 0 Å². The number of imide groups is 2. The zero-order chi connectivity index (χ0) is 16.3. The van der Waals surface area contributed by atoms with Gasteiger partial charge in [-0.3, -0.25) is 33.9 Å². The summed E-state index contributed by atoms with van der Waals surface area (Å²) in [7, 11) is 0. The van der Waals surface area contributed by atoms with Crippen molar-refractivity contribution in [2.75, 3.05) is 31.4 Å². The van der Waals surface area contributed by atoms with Gasteiger partial charge in [0, 0.05) is 6.54 Å². The Balaban J connectivity index is 2.02. The molecule has 2 saturated heterocycles. The maximum atomic E-state index is 11.7. The second kappa shape index (κ2) is 7.47. The minimum atomic E-state index is -0.270. The van der Waals surface area contributed by atoms with Crippen LogP contribution in [0.2, 0.25) is 0 Å². The molecule has 0 N–H and O–H groups in total. The molecule has 0 saturated carbocycles. The van der Waals surface area contributed by atoms with Gasteiger partial charge in [-0.2, -0.15) is 0 Å². The van der Waals surface area contributed by atoms with Gasteiger partial charge >= 0.3 is 0 Å². The van der Waals surface area contributed by atoms with Gasteiger partial charge in [-0.1, -0.05) is 37.4 Å². The molecule has 0 aromatic carbocycles. The molecule has 7 nitrogen and oxygen atoms in total. The zero-order valence-corrected chi connectivity index (χ0v) is 14.2. The molecule has 0 spiro atoms. The van der Waals surface area contributed by atoms with Gasteiger partial charge < -0.3 is 0 Å². The van der Waals surface area contributed by atoms with Crippen molar-refractivity contribution in [3.63, 3.8) is 0 Å². The quantitative estimate of drug-likeness (QED) is 0.694. The maximum Gasteiger partial charge on any atom is 0.289 e. The Morgan fingerprint density at radius 2 is 1.41 bits per heavy atom. The number of carbonyl (C=O) groups is 4. The SMILES string of the molecule is CC(C)CCN(CN1C(=O)CSC1=O)CN1C(=O)CSC1=O. The van der Waals surface area contributed by atoms with E-state index in [4.69, 9.17) is 0 Å². The molecule has 0 aromatic rings. The van der Waals surface area contributed by atoms with E-state index in [-0.39, 0.29) is 47.1 Å². The normalized spacial score (nSPS) is 19.5. The van der Waals surface area contributed by atoms with Crippen molar-refractivity contribution >= 4 is 45.8 Å².